The Balaban J connectivity index is 2.52. The Labute approximate surface area is 149 Å². The van der Waals surface area contributed by atoms with E-state index in [1.165, 1.54) is 0 Å². The fourth-order valence-corrected chi connectivity index (χ4v) is 2.53. The number of ether oxygens (including phenoxy) is 1. The largest absolute Gasteiger partial charge is 0.444 e. The third-order valence-corrected chi connectivity index (χ3v) is 3.85. The van der Waals surface area contributed by atoms with Gasteiger partial charge in [-0.1, -0.05) is 29.3 Å². The lowest BCUT2D eigenvalue weighted by Gasteiger charge is -2.30. The molecule has 1 aromatic rings. The number of nitrogens with zero attached hydrogens (tertiary/aromatic N) is 1. The van der Waals surface area contributed by atoms with Gasteiger partial charge >= 0.3 is 6.09 Å². The van der Waals surface area contributed by atoms with E-state index in [1.807, 2.05) is 52.8 Å². The lowest BCUT2D eigenvalue weighted by molar-refractivity contribution is 0.0193. The van der Waals surface area contributed by atoms with E-state index in [2.05, 4.69) is 5.32 Å². The minimum absolute atomic E-state index is 0.0653. The van der Waals surface area contributed by atoms with Gasteiger partial charge in [-0.05, 0) is 46.8 Å². The van der Waals surface area contributed by atoms with Crippen LogP contribution in [0.15, 0.2) is 18.2 Å². The second-order valence-corrected chi connectivity index (χ2v) is 7.46. The molecule has 0 spiro atoms. The number of amides is 1. The Kier molecular flexibility index (Phi) is 7.65. The van der Waals surface area contributed by atoms with E-state index in [-0.39, 0.29) is 12.1 Å². The van der Waals surface area contributed by atoms with Crippen LogP contribution in [0.3, 0.4) is 0 Å². The van der Waals surface area contributed by atoms with Crippen molar-refractivity contribution in [3.63, 3.8) is 0 Å². The average molecular weight is 361 g/mol. The first kappa shape index (κ1) is 20.1. The van der Waals surface area contributed by atoms with Crippen LogP contribution in [0.25, 0.3) is 0 Å². The molecule has 0 saturated carbocycles. The molecule has 1 N–H and O–H groups in total. The maximum atomic E-state index is 12.2. The first-order chi connectivity index (χ1) is 10.6. The molecule has 1 amide bonds. The first-order valence-electron chi connectivity index (χ1n) is 7.75. The van der Waals surface area contributed by atoms with Crippen molar-refractivity contribution in [1.82, 2.24) is 10.2 Å². The molecule has 0 aliphatic carbocycles. The highest BCUT2D eigenvalue weighted by Crippen LogP contribution is 2.23. The molecule has 0 radical (unpaired) electrons. The summed E-state index contributed by atoms with van der Waals surface area (Å²) in [6.07, 6.45) is -0.301. The number of hydrogen-bond acceptors (Lipinski definition) is 3. The van der Waals surface area contributed by atoms with Crippen molar-refractivity contribution in [3.05, 3.63) is 33.8 Å². The van der Waals surface area contributed by atoms with E-state index in [1.54, 1.807) is 4.90 Å². The van der Waals surface area contributed by atoms with Crippen LogP contribution < -0.4 is 5.32 Å². The summed E-state index contributed by atoms with van der Waals surface area (Å²) in [6.45, 7) is 11.2. The molecule has 0 aromatic heterocycles. The molecule has 4 nitrogen and oxygen atoms in total. The fraction of sp³-hybridized carbons (Fsp3) is 0.588. The molecule has 1 rings (SSSR count). The van der Waals surface area contributed by atoms with Crippen molar-refractivity contribution in [3.8, 4) is 0 Å². The number of hydrogen-bond donors (Lipinski definition) is 1. The first-order valence-corrected chi connectivity index (χ1v) is 8.50. The molecule has 0 unspecified atom stereocenters. The zero-order chi connectivity index (χ0) is 17.6. The molecule has 23 heavy (non-hydrogen) atoms. The van der Waals surface area contributed by atoms with Crippen LogP contribution in [0, 0.1) is 0 Å². The molecule has 6 heteroatoms. The van der Waals surface area contributed by atoms with Crippen LogP contribution >= 0.6 is 23.2 Å². The molecule has 1 aromatic carbocycles. The molecule has 0 saturated heterocycles. The summed E-state index contributed by atoms with van der Waals surface area (Å²) in [6, 6.07) is 5.50. The van der Waals surface area contributed by atoms with Crippen molar-refractivity contribution < 1.29 is 9.53 Å². The molecule has 0 fully saturated rings. The van der Waals surface area contributed by atoms with Crippen molar-refractivity contribution in [2.24, 2.45) is 0 Å². The van der Waals surface area contributed by atoms with E-state index in [0.717, 1.165) is 5.56 Å². The summed E-state index contributed by atoms with van der Waals surface area (Å²) in [4.78, 5) is 13.9. The van der Waals surface area contributed by atoms with E-state index in [0.29, 0.717) is 29.7 Å². The number of halogens is 2. The van der Waals surface area contributed by atoms with Crippen LogP contribution in [-0.2, 0) is 11.3 Å². The second kappa shape index (κ2) is 8.76. The van der Waals surface area contributed by atoms with Gasteiger partial charge in [-0.2, -0.15) is 0 Å². The Morgan fingerprint density at radius 1 is 1.26 bits per heavy atom. The molecular formula is C17H26Cl2N2O2. The van der Waals surface area contributed by atoms with Gasteiger partial charge in [0.25, 0.3) is 0 Å². The highest BCUT2D eigenvalue weighted by Gasteiger charge is 2.23. The Morgan fingerprint density at radius 2 is 1.83 bits per heavy atom. The number of nitrogens with one attached hydrogen (secondary N) is 1. The van der Waals surface area contributed by atoms with Crippen LogP contribution in [0.2, 0.25) is 10.0 Å². The molecular weight excluding hydrogens is 335 g/mol. The smallest absolute Gasteiger partial charge is 0.410 e. The second-order valence-electron chi connectivity index (χ2n) is 6.64. The third-order valence-electron chi connectivity index (χ3n) is 3.14. The minimum Gasteiger partial charge on any atom is -0.444 e. The zero-order valence-electron chi connectivity index (χ0n) is 14.5. The van der Waals surface area contributed by atoms with E-state index in [4.69, 9.17) is 27.9 Å². The van der Waals surface area contributed by atoms with Gasteiger partial charge in [-0.25, -0.2) is 4.79 Å². The van der Waals surface area contributed by atoms with Gasteiger partial charge in [-0.3, -0.25) is 0 Å². The van der Waals surface area contributed by atoms with Gasteiger partial charge in [0.1, 0.15) is 5.60 Å². The van der Waals surface area contributed by atoms with Gasteiger partial charge in [-0.15, -0.1) is 0 Å². The van der Waals surface area contributed by atoms with Gasteiger partial charge < -0.3 is 15.0 Å². The summed E-state index contributed by atoms with van der Waals surface area (Å²) < 4.78 is 5.43. The summed E-state index contributed by atoms with van der Waals surface area (Å²) in [5.74, 6) is 0. The third kappa shape index (κ3) is 6.98. The number of carbonyl (C=O) groups is 1. The van der Waals surface area contributed by atoms with Crippen LogP contribution in [0.4, 0.5) is 4.79 Å². The molecule has 0 bridgehead atoms. The lowest BCUT2D eigenvalue weighted by atomic mass is 10.2. The Hall–Kier alpha value is -0.970. The van der Waals surface area contributed by atoms with Crippen molar-refractivity contribution in [2.75, 3.05) is 13.1 Å². The highest BCUT2D eigenvalue weighted by atomic mass is 35.5. The summed E-state index contributed by atoms with van der Waals surface area (Å²) in [5.41, 5.74) is 0.368. The number of rotatable bonds is 6. The number of carbonyl (C=O) groups excluding carboxylic acids is 1. The number of benzene rings is 1. The summed E-state index contributed by atoms with van der Waals surface area (Å²) in [7, 11) is 0. The SMILES string of the molecule is CC(C)N(CCNCc1c(Cl)cccc1Cl)C(=O)OC(C)(C)C. The maximum Gasteiger partial charge on any atom is 0.410 e. The van der Waals surface area contributed by atoms with Crippen molar-refractivity contribution in [2.45, 2.75) is 52.8 Å². The van der Waals surface area contributed by atoms with Crippen molar-refractivity contribution >= 4 is 29.3 Å². The van der Waals surface area contributed by atoms with Gasteiger partial charge in [0.2, 0.25) is 0 Å². The van der Waals surface area contributed by atoms with E-state index >= 15 is 0 Å². The maximum absolute atomic E-state index is 12.2. The van der Waals surface area contributed by atoms with Gasteiger partial charge in [0.15, 0.2) is 0 Å². The normalized spacial score (nSPS) is 11.7. The predicted molar refractivity (Wildman–Crippen MR) is 96.2 cm³/mol. The fourth-order valence-electron chi connectivity index (χ4n) is 1.99. The summed E-state index contributed by atoms with van der Waals surface area (Å²) in [5, 5.41) is 4.54. The Morgan fingerprint density at radius 3 is 2.30 bits per heavy atom. The molecule has 0 aliphatic rings. The van der Waals surface area contributed by atoms with E-state index < -0.39 is 5.60 Å². The standard InChI is InChI=1S/C17H26Cl2N2O2/c1-12(2)21(16(22)23-17(3,4)5)10-9-20-11-13-14(18)7-6-8-15(13)19/h6-8,12,20H,9-11H2,1-5H3. The van der Waals surface area contributed by atoms with Crippen molar-refractivity contribution in [1.29, 1.82) is 0 Å². The van der Waals surface area contributed by atoms with Gasteiger partial charge in [0.05, 0.1) is 0 Å². The monoisotopic (exact) mass is 360 g/mol. The quantitative estimate of drug-likeness (QED) is 0.745. The Bertz CT molecular complexity index is 508. The molecule has 0 aliphatic heterocycles. The highest BCUT2D eigenvalue weighted by molar-refractivity contribution is 6.35. The summed E-state index contributed by atoms with van der Waals surface area (Å²) >= 11 is 12.3. The van der Waals surface area contributed by atoms with Crippen LogP contribution in [0.1, 0.15) is 40.2 Å². The van der Waals surface area contributed by atoms with Gasteiger partial charge in [0, 0.05) is 41.3 Å². The topological polar surface area (TPSA) is 41.6 Å². The van der Waals surface area contributed by atoms with Crippen LogP contribution in [-0.4, -0.2) is 35.7 Å². The molecule has 130 valence electrons. The van der Waals surface area contributed by atoms with E-state index in [9.17, 15) is 4.79 Å². The zero-order valence-corrected chi connectivity index (χ0v) is 16.0. The average Bonchev–Trinajstić information content (AvgIpc) is 2.38. The molecule has 0 heterocycles. The lowest BCUT2D eigenvalue weighted by Crippen LogP contribution is -2.44. The van der Waals surface area contributed by atoms with Crippen LogP contribution in [0.5, 0.6) is 0 Å². The molecule has 0 atom stereocenters. The minimum atomic E-state index is -0.497. The predicted octanol–water partition coefficient (Wildman–Crippen LogP) is 4.73.